The summed E-state index contributed by atoms with van der Waals surface area (Å²) in [4.78, 5) is 30.2. The van der Waals surface area contributed by atoms with Crippen molar-refractivity contribution in [3.05, 3.63) is 135 Å². The van der Waals surface area contributed by atoms with Gasteiger partial charge in [0.25, 0.3) is 5.56 Å². The number of anilines is 1. The molecular formula is C46H59Cl2N3O3. The molecule has 3 aromatic rings. The number of aromatic nitrogens is 1. The lowest BCUT2D eigenvalue weighted by Gasteiger charge is -2.36. The quantitative estimate of drug-likeness (QED) is 0.0546. The summed E-state index contributed by atoms with van der Waals surface area (Å²) in [5.41, 5.74) is 2.84. The number of benzene rings is 2. The summed E-state index contributed by atoms with van der Waals surface area (Å²) in [7, 11) is 0. The van der Waals surface area contributed by atoms with Crippen molar-refractivity contribution in [1.82, 2.24) is 9.47 Å². The number of pyridine rings is 1. The number of esters is 1. The van der Waals surface area contributed by atoms with Crippen LogP contribution in [0.5, 0.6) is 0 Å². The molecule has 6 nitrogen and oxygen atoms in total. The number of carbonyl (C=O) groups is 1. The average molecular weight is 773 g/mol. The first-order valence-corrected chi connectivity index (χ1v) is 20.7. The highest BCUT2D eigenvalue weighted by molar-refractivity contribution is 6.43. The third-order valence-corrected chi connectivity index (χ3v) is 10.4. The van der Waals surface area contributed by atoms with E-state index in [1.54, 1.807) is 10.6 Å². The molecule has 290 valence electrons. The van der Waals surface area contributed by atoms with Crippen LogP contribution >= 0.6 is 23.2 Å². The van der Waals surface area contributed by atoms with Crippen molar-refractivity contribution < 1.29 is 9.53 Å². The predicted molar refractivity (Wildman–Crippen MR) is 230 cm³/mol. The molecule has 1 aliphatic rings. The van der Waals surface area contributed by atoms with Gasteiger partial charge in [0, 0.05) is 38.7 Å². The van der Waals surface area contributed by atoms with Crippen LogP contribution in [0.15, 0.2) is 114 Å². The molecule has 0 atom stereocenters. The summed E-state index contributed by atoms with van der Waals surface area (Å²) in [6.45, 7) is 7.12. The number of piperazine rings is 1. The third kappa shape index (κ3) is 15.5. The molecule has 54 heavy (non-hydrogen) atoms. The Morgan fingerprint density at radius 3 is 2.07 bits per heavy atom. The second kappa shape index (κ2) is 25.3. The maximum Gasteiger partial charge on any atom is 0.307 e. The summed E-state index contributed by atoms with van der Waals surface area (Å²) >= 11 is 12.7. The molecule has 0 saturated carbocycles. The molecule has 0 spiro atoms. The zero-order valence-corrected chi connectivity index (χ0v) is 33.7. The van der Waals surface area contributed by atoms with Gasteiger partial charge in [-0.25, -0.2) is 0 Å². The summed E-state index contributed by atoms with van der Waals surface area (Å²) in [6, 6.07) is 15.5. The van der Waals surface area contributed by atoms with Gasteiger partial charge in [-0.1, -0.05) is 122 Å². The standard InChI is InChI=1S/C46H59Cl2N3O3/c1-2-3-4-5-6-7-8-9-10-11-12-13-14-15-16-17-18-21-27-45(53)54-38-51-43-37-39(28-29-40(43)30-31-44(51)52)24-20-19-22-32-49-33-35-50(36-34-49)42-26-23-25-41(47)46(42)48/h4-5,7-8,10-11,13-14,16-17,23,25-26,28-31,37H,2-3,6,9,12,15,18-22,24,27,32-36,38H2,1H3/b5-4-,8-7-,11-10-,14-13-,17-16-. The highest BCUT2D eigenvalue weighted by atomic mass is 35.5. The number of halogens is 2. The van der Waals surface area contributed by atoms with Gasteiger partial charge >= 0.3 is 5.97 Å². The normalized spacial score (nSPS) is 14.3. The summed E-state index contributed by atoms with van der Waals surface area (Å²) in [6.07, 6.45) is 34.2. The number of rotatable bonds is 23. The Morgan fingerprint density at radius 2 is 1.39 bits per heavy atom. The fourth-order valence-electron chi connectivity index (χ4n) is 6.47. The Hall–Kier alpha value is -3.84. The van der Waals surface area contributed by atoms with E-state index in [1.807, 2.05) is 24.3 Å². The van der Waals surface area contributed by atoms with Gasteiger partial charge in [0.2, 0.25) is 0 Å². The first-order chi connectivity index (χ1) is 26.5. The first kappa shape index (κ1) is 42.9. The topological polar surface area (TPSA) is 54.8 Å². The zero-order chi connectivity index (χ0) is 38.2. The highest BCUT2D eigenvalue weighted by Gasteiger charge is 2.19. The highest BCUT2D eigenvalue weighted by Crippen LogP contribution is 2.33. The van der Waals surface area contributed by atoms with Crippen LogP contribution < -0.4 is 10.5 Å². The number of hydrogen-bond acceptors (Lipinski definition) is 5. The molecule has 1 fully saturated rings. The zero-order valence-electron chi connectivity index (χ0n) is 32.1. The summed E-state index contributed by atoms with van der Waals surface area (Å²) < 4.78 is 7.13. The molecule has 8 heteroatoms. The molecule has 0 N–H and O–H groups in total. The maximum absolute atomic E-state index is 12.8. The van der Waals surface area contributed by atoms with Crippen LogP contribution in [0.4, 0.5) is 5.69 Å². The van der Waals surface area contributed by atoms with Crippen molar-refractivity contribution in [2.45, 2.75) is 97.1 Å². The van der Waals surface area contributed by atoms with E-state index in [2.05, 4.69) is 95.7 Å². The minimum Gasteiger partial charge on any atom is -0.444 e. The molecule has 1 aromatic heterocycles. The number of aryl methyl sites for hydroxylation is 1. The van der Waals surface area contributed by atoms with Gasteiger partial charge in [-0.3, -0.25) is 19.1 Å². The number of hydrogen-bond donors (Lipinski definition) is 0. The van der Waals surface area contributed by atoms with Crippen molar-refractivity contribution in [2.24, 2.45) is 0 Å². The largest absolute Gasteiger partial charge is 0.444 e. The Kier molecular flexibility index (Phi) is 20.1. The van der Waals surface area contributed by atoms with Crippen molar-refractivity contribution in [2.75, 3.05) is 37.6 Å². The van der Waals surface area contributed by atoms with E-state index in [9.17, 15) is 9.59 Å². The molecule has 0 unspecified atom stereocenters. The number of unbranched alkanes of at least 4 members (excludes halogenated alkanes) is 4. The summed E-state index contributed by atoms with van der Waals surface area (Å²) in [5.74, 6) is -0.285. The second-order valence-corrected chi connectivity index (χ2v) is 14.6. The van der Waals surface area contributed by atoms with Gasteiger partial charge in [-0.2, -0.15) is 0 Å². The number of fused-ring (bicyclic) bond motifs is 1. The molecule has 2 aromatic carbocycles. The molecule has 2 heterocycles. The van der Waals surface area contributed by atoms with Gasteiger partial charge in [-0.15, -0.1) is 0 Å². The van der Waals surface area contributed by atoms with Gasteiger partial charge in [0.05, 0.1) is 21.2 Å². The maximum atomic E-state index is 12.8. The van der Waals surface area contributed by atoms with Crippen LogP contribution in [0, 0.1) is 0 Å². The van der Waals surface area contributed by atoms with E-state index in [0.717, 1.165) is 114 Å². The van der Waals surface area contributed by atoms with Crippen molar-refractivity contribution in [1.29, 1.82) is 0 Å². The minimum atomic E-state index is -0.285. The Labute approximate surface area is 333 Å². The molecule has 0 bridgehead atoms. The molecule has 0 amide bonds. The van der Waals surface area contributed by atoms with E-state index in [-0.39, 0.29) is 18.3 Å². The molecular weight excluding hydrogens is 713 g/mol. The van der Waals surface area contributed by atoms with E-state index in [0.29, 0.717) is 22.9 Å². The third-order valence-electron chi connectivity index (χ3n) is 9.62. The smallest absolute Gasteiger partial charge is 0.307 e. The van der Waals surface area contributed by atoms with E-state index in [4.69, 9.17) is 27.9 Å². The van der Waals surface area contributed by atoms with Crippen LogP contribution in [-0.4, -0.2) is 48.2 Å². The average Bonchev–Trinajstić information content (AvgIpc) is 3.18. The molecule has 0 radical (unpaired) electrons. The first-order valence-electron chi connectivity index (χ1n) is 19.9. The number of nitrogens with zero attached hydrogens (tertiary/aromatic N) is 3. The van der Waals surface area contributed by atoms with Crippen LogP contribution in [0.2, 0.25) is 10.0 Å². The van der Waals surface area contributed by atoms with Gasteiger partial charge in [-0.05, 0) is 106 Å². The molecule has 0 aliphatic carbocycles. The predicted octanol–water partition coefficient (Wildman–Crippen LogP) is 11.7. The monoisotopic (exact) mass is 771 g/mol. The van der Waals surface area contributed by atoms with Crippen LogP contribution in [-0.2, 0) is 22.7 Å². The summed E-state index contributed by atoms with van der Waals surface area (Å²) in [5, 5.41) is 2.20. The van der Waals surface area contributed by atoms with E-state index >= 15 is 0 Å². The van der Waals surface area contributed by atoms with Crippen molar-refractivity contribution in [3.8, 4) is 0 Å². The fourth-order valence-corrected chi connectivity index (χ4v) is 6.89. The Morgan fingerprint density at radius 1 is 0.741 bits per heavy atom. The van der Waals surface area contributed by atoms with Crippen molar-refractivity contribution >= 4 is 45.8 Å². The molecule has 1 aliphatic heterocycles. The second-order valence-electron chi connectivity index (χ2n) is 13.8. The van der Waals surface area contributed by atoms with E-state index in [1.165, 1.54) is 12.0 Å². The molecule has 1 saturated heterocycles. The Balaban J connectivity index is 1.08. The van der Waals surface area contributed by atoms with Gasteiger partial charge in [0.1, 0.15) is 0 Å². The number of ether oxygens (including phenoxy) is 1. The number of carbonyl (C=O) groups excluding carboxylic acids is 1. The lowest BCUT2D eigenvalue weighted by atomic mass is 10.0. The van der Waals surface area contributed by atoms with Gasteiger partial charge in [0.15, 0.2) is 6.73 Å². The van der Waals surface area contributed by atoms with Crippen LogP contribution in [0.25, 0.3) is 10.9 Å². The van der Waals surface area contributed by atoms with E-state index < -0.39 is 0 Å². The fraction of sp³-hybridized carbons (Fsp3) is 0.435. The van der Waals surface area contributed by atoms with Crippen LogP contribution in [0.1, 0.15) is 89.5 Å². The van der Waals surface area contributed by atoms with Gasteiger partial charge < -0.3 is 9.64 Å². The molecule has 4 rings (SSSR count). The van der Waals surface area contributed by atoms with Crippen molar-refractivity contribution in [3.63, 3.8) is 0 Å². The lowest BCUT2D eigenvalue weighted by Crippen LogP contribution is -2.46. The SMILES string of the molecule is CCC/C=C\C/C=C\C/C=C\C/C=C\C/C=C\CCCC(=O)OCn1c(=O)ccc2ccc(CCCCCN3CCN(c4cccc(Cl)c4Cl)CC3)cc21. The van der Waals surface area contributed by atoms with Crippen LogP contribution in [0.3, 0.4) is 0 Å². The number of allylic oxidation sites excluding steroid dienone is 10. The minimum absolute atomic E-state index is 0.0724. The lowest BCUT2D eigenvalue weighted by molar-refractivity contribution is -0.147. The Bertz CT molecular complexity index is 1780.